The van der Waals surface area contributed by atoms with Gasteiger partial charge >= 0.3 is 6.18 Å². The van der Waals surface area contributed by atoms with E-state index in [2.05, 4.69) is 5.32 Å². The predicted octanol–water partition coefficient (Wildman–Crippen LogP) is 2.21. The van der Waals surface area contributed by atoms with Crippen molar-refractivity contribution in [2.24, 2.45) is 0 Å². The van der Waals surface area contributed by atoms with Crippen LogP contribution in [0.5, 0.6) is 5.75 Å². The number of alkyl halides is 3. The van der Waals surface area contributed by atoms with Gasteiger partial charge in [0.15, 0.2) is 15.9 Å². The van der Waals surface area contributed by atoms with Gasteiger partial charge in [0.05, 0.1) is 21.2 Å². The van der Waals surface area contributed by atoms with Crippen LogP contribution in [-0.4, -0.2) is 61.3 Å². The lowest BCUT2D eigenvalue weighted by Crippen LogP contribution is -2.47. The standard InChI is InChI=1S/C19H19ClF3N3O5S/c1-11(19(21,22)23)31-12-2-3-16(14(20)6-12)32(29,30)13-7-15(26(8-13)10-27)17(28)25-18(9-24)4-5-18/h2-3,6,10-11,13,15H,4-5,7-8H2,1H3,(H,25,28)/t11?,13-,15?/m1/s1. The van der Waals surface area contributed by atoms with Crippen molar-refractivity contribution >= 4 is 33.8 Å². The number of nitrogens with one attached hydrogen (secondary N) is 1. The Morgan fingerprint density at radius 2 is 2.09 bits per heavy atom. The Morgan fingerprint density at radius 3 is 2.59 bits per heavy atom. The van der Waals surface area contributed by atoms with E-state index in [-0.39, 0.29) is 28.6 Å². The molecule has 0 aromatic heterocycles. The number of likely N-dealkylation sites (tertiary alicyclic amines) is 1. The highest BCUT2D eigenvalue weighted by atomic mass is 35.5. The average Bonchev–Trinajstić information content (AvgIpc) is 3.33. The van der Waals surface area contributed by atoms with Gasteiger partial charge in [0.2, 0.25) is 12.3 Å². The number of halogens is 4. The van der Waals surface area contributed by atoms with Crippen molar-refractivity contribution < 1.29 is 35.9 Å². The zero-order valence-electron chi connectivity index (χ0n) is 16.7. The third-order valence-electron chi connectivity index (χ3n) is 5.49. The molecule has 1 saturated carbocycles. The SMILES string of the molecule is CC(Oc1ccc(S(=O)(=O)[C@@H]2CC(C(=O)NC3(C#N)CC3)N(C=O)C2)c(Cl)c1)C(F)(F)F. The summed E-state index contributed by atoms with van der Waals surface area (Å²) in [4.78, 5) is 24.7. The quantitative estimate of drug-likeness (QED) is 0.582. The van der Waals surface area contributed by atoms with E-state index in [1.54, 1.807) is 0 Å². The molecule has 2 fully saturated rings. The van der Waals surface area contributed by atoms with E-state index < -0.39 is 44.9 Å². The van der Waals surface area contributed by atoms with Crippen LogP contribution in [0, 0.1) is 11.3 Å². The van der Waals surface area contributed by atoms with Gasteiger partial charge in [-0.05, 0) is 38.3 Å². The van der Waals surface area contributed by atoms with Gasteiger partial charge in [-0.3, -0.25) is 9.59 Å². The van der Waals surface area contributed by atoms with Crippen molar-refractivity contribution in [1.29, 1.82) is 5.26 Å². The molecule has 3 atom stereocenters. The largest absolute Gasteiger partial charge is 0.481 e. The molecule has 8 nitrogen and oxygen atoms in total. The lowest BCUT2D eigenvalue weighted by atomic mass is 10.2. The molecule has 2 aliphatic rings. The molecular weight excluding hydrogens is 475 g/mol. The van der Waals surface area contributed by atoms with E-state index in [0.717, 1.165) is 30.0 Å². The summed E-state index contributed by atoms with van der Waals surface area (Å²) >= 11 is 6.03. The van der Waals surface area contributed by atoms with Crippen molar-refractivity contribution in [2.75, 3.05) is 6.54 Å². The minimum Gasteiger partial charge on any atom is -0.481 e. The Kier molecular flexibility index (Phi) is 6.36. The maximum absolute atomic E-state index is 13.1. The fourth-order valence-corrected chi connectivity index (χ4v) is 5.61. The minimum absolute atomic E-state index is 0.214. The van der Waals surface area contributed by atoms with Gasteiger partial charge in [0.1, 0.15) is 17.3 Å². The van der Waals surface area contributed by atoms with E-state index in [4.69, 9.17) is 21.6 Å². The number of amides is 2. The van der Waals surface area contributed by atoms with E-state index in [0.29, 0.717) is 19.3 Å². The molecular formula is C19H19ClF3N3O5S. The average molecular weight is 494 g/mol. The van der Waals surface area contributed by atoms with Crippen LogP contribution in [0.25, 0.3) is 0 Å². The van der Waals surface area contributed by atoms with Crippen molar-refractivity contribution in [2.45, 2.75) is 60.2 Å². The summed E-state index contributed by atoms with van der Waals surface area (Å²) in [7, 11) is -4.14. The highest BCUT2D eigenvalue weighted by Crippen LogP contribution is 2.37. The number of sulfone groups is 1. The zero-order chi connectivity index (χ0) is 23.9. The topological polar surface area (TPSA) is 117 Å². The maximum atomic E-state index is 13.1. The van der Waals surface area contributed by atoms with Gasteiger partial charge in [0, 0.05) is 12.6 Å². The first kappa shape index (κ1) is 24.1. The number of nitriles is 1. The molecule has 1 aromatic rings. The summed E-state index contributed by atoms with van der Waals surface area (Å²) in [6, 6.07) is 3.97. The van der Waals surface area contributed by atoms with E-state index >= 15 is 0 Å². The zero-order valence-corrected chi connectivity index (χ0v) is 18.3. The van der Waals surface area contributed by atoms with Crippen LogP contribution in [0.4, 0.5) is 13.2 Å². The van der Waals surface area contributed by atoms with Gasteiger partial charge in [-0.25, -0.2) is 8.42 Å². The fraction of sp³-hybridized carbons (Fsp3) is 0.526. The molecule has 0 bridgehead atoms. The smallest absolute Gasteiger partial charge is 0.425 e. The van der Waals surface area contributed by atoms with Crippen LogP contribution >= 0.6 is 11.6 Å². The first-order valence-electron chi connectivity index (χ1n) is 9.54. The van der Waals surface area contributed by atoms with Gasteiger partial charge in [-0.2, -0.15) is 18.4 Å². The van der Waals surface area contributed by atoms with Gasteiger partial charge in [-0.15, -0.1) is 0 Å². The molecule has 2 unspecified atom stereocenters. The summed E-state index contributed by atoms with van der Waals surface area (Å²) in [6.07, 6.45) is -5.64. The fourth-order valence-electron chi connectivity index (χ4n) is 3.37. The lowest BCUT2D eigenvalue weighted by molar-refractivity contribution is -0.189. The summed E-state index contributed by atoms with van der Waals surface area (Å²) in [5, 5.41) is 10.2. The number of benzene rings is 1. The first-order valence-corrected chi connectivity index (χ1v) is 11.5. The molecule has 1 aliphatic heterocycles. The summed E-state index contributed by atoms with van der Waals surface area (Å²) in [5.41, 5.74) is -0.977. The van der Waals surface area contributed by atoms with E-state index in [1.807, 2.05) is 6.07 Å². The number of nitrogens with zero attached hydrogens (tertiary/aromatic N) is 2. The Hall–Kier alpha value is -2.52. The second kappa shape index (κ2) is 8.44. The van der Waals surface area contributed by atoms with Gasteiger partial charge in [0.25, 0.3) is 0 Å². The normalized spacial score (nSPS) is 23.2. The number of hydrogen-bond acceptors (Lipinski definition) is 6. The van der Waals surface area contributed by atoms with Crippen LogP contribution in [0.2, 0.25) is 5.02 Å². The van der Waals surface area contributed by atoms with Crippen molar-refractivity contribution in [3.05, 3.63) is 23.2 Å². The molecule has 32 heavy (non-hydrogen) atoms. The van der Waals surface area contributed by atoms with Crippen LogP contribution in [0.15, 0.2) is 23.1 Å². The van der Waals surface area contributed by atoms with Crippen molar-refractivity contribution in [1.82, 2.24) is 10.2 Å². The van der Waals surface area contributed by atoms with Crippen LogP contribution in [0.1, 0.15) is 26.2 Å². The molecule has 1 N–H and O–H groups in total. The summed E-state index contributed by atoms with van der Waals surface area (Å²) in [5.74, 6) is -0.881. The lowest BCUT2D eigenvalue weighted by Gasteiger charge is -2.20. The summed E-state index contributed by atoms with van der Waals surface area (Å²) in [6.45, 7) is 0.525. The van der Waals surface area contributed by atoms with Gasteiger partial charge < -0.3 is 15.0 Å². The van der Waals surface area contributed by atoms with Crippen LogP contribution < -0.4 is 10.1 Å². The molecule has 1 aliphatic carbocycles. The number of carbonyl (C=O) groups excluding carboxylic acids is 2. The molecule has 13 heteroatoms. The van der Waals surface area contributed by atoms with E-state index in [1.165, 1.54) is 0 Å². The Bertz CT molecular complexity index is 1070. The third kappa shape index (κ3) is 4.78. The highest BCUT2D eigenvalue weighted by molar-refractivity contribution is 7.92. The van der Waals surface area contributed by atoms with Crippen LogP contribution in [-0.2, 0) is 19.4 Å². The van der Waals surface area contributed by atoms with Crippen LogP contribution in [0.3, 0.4) is 0 Å². The predicted molar refractivity (Wildman–Crippen MR) is 105 cm³/mol. The first-order chi connectivity index (χ1) is 14.8. The Balaban J connectivity index is 1.78. The molecule has 1 heterocycles. The third-order valence-corrected chi connectivity index (χ3v) is 8.10. The number of hydrogen-bond donors (Lipinski definition) is 1. The van der Waals surface area contributed by atoms with Gasteiger partial charge in [-0.1, -0.05) is 11.6 Å². The Labute approximate surface area is 187 Å². The molecule has 0 radical (unpaired) electrons. The van der Waals surface area contributed by atoms with Crippen molar-refractivity contribution in [3.63, 3.8) is 0 Å². The highest BCUT2D eigenvalue weighted by Gasteiger charge is 2.49. The number of carbonyl (C=O) groups is 2. The second-order valence-electron chi connectivity index (χ2n) is 7.80. The number of ether oxygens (including phenoxy) is 1. The second-order valence-corrected chi connectivity index (χ2v) is 10.4. The Morgan fingerprint density at radius 1 is 1.44 bits per heavy atom. The minimum atomic E-state index is -4.61. The summed E-state index contributed by atoms with van der Waals surface area (Å²) < 4.78 is 69.0. The molecule has 0 spiro atoms. The molecule has 174 valence electrons. The number of rotatable bonds is 7. The molecule has 1 aromatic carbocycles. The van der Waals surface area contributed by atoms with Crippen molar-refractivity contribution in [3.8, 4) is 11.8 Å². The van der Waals surface area contributed by atoms with E-state index in [9.17, 15) is 31.2 Å². The maximum Gasteiger partial charge on any atom is 0.425 e. The molecule has 2 amide bonds. The monoisotopic (exact) mass is 493 g/mol. The molecule has 1 saturated heterocycles. The molecule has 3 rings (SSSR count).